The topological polar surface area (TPSA) is 29.5 Å². The van der Waals surface area contributed by atoms with Gasteiger partial charge in [-0.3, -0.25) is 0 Å². The molecule has 2 nitrogen and oxygen atoms in total. The minimum Gasteiger partial charge on any atom is -0.496 e. The number of hydrogen-bond acceptors (Lipinski definition) is 2. The molecule has 2 aromatic rings. The molecule has 0 saturated heterocycles. The van der Waals surface area contributed by atoms with E-state index in [1.807, 2.05) is 19.9 Å². The van der Waals surface area contributed by atoms with Crippen molar-refractivity contribution in [2.45, 2.75) is 26.4 Å². The zero-order valence-corrected chi connectivity index (χ0v) is 12.3. The molecule has 0 saturated carbocycles. The first-order valence-electron chi connectivity index (χ1n) is 6.70. The second kappa shape index (κ2) is 6.22. The maximum Gasteiger partial charge on any atom is 0.129 e. The van der Waals surface area contributed by atoms with Crippen LogP contribution in [0.25, 0.3) is 0 Å². The van der Waals surface area contributed by atoms with Crippen LogP contribution in [0.5, 0.6) is 5.75 Å². The van der Waals surface area contributed by atoms with Gasteiger partial charge in [-0.25, -0.2) is 8.78 Å². The number of halogens is 2. The first-order chi connectivity index (χ1) is 9.93. The lowest BCUT2D eigenvalue weighted by molar-refractivity contribution is 0.174. The summed E-state index contributed by atoms with van der Waals surface area (Å²) in [6, 6.07) is 7.29. The van der Waals surface area contributed by atoms with Crippen molar-refractivity contribution in [3.63, 3.8) is 0 Å². The van der Waals surface area contributed by atoms with Crippen molar-refractivity contribution in [2.24, 2.45) is 0 Å². The molecule has 0 radical (unpaired) electrons. The molecule has 0 aliphatic rings. The van der Waals surface area contributed by atoms with Gasteiger partial charge in [0.05, 0.1) is 13.2 Å². The van der Waals surface area contributed by atoms with Crippen LogP contribution in [0, 0.1) is 25.5 Å². The Morgan fingerprint density at radius 3 is 2.29 bits per heavy atom. The van der Waals surface area contributed by atoms with Crippen LogP contribution in [0.1, 0.15) is 28.4 Å². The zero-order chi connectivity index (χ0) is 15.6. The molecule has 0 aliphatic heterocycles. The summed E-state index contributed by atoms with van der Waals surface area (Å²) in [6.07, 6.45) is -1.08. The fourth-order valence-electron chi connectivity index (χ4n) is 2.42. The number of hydrogen-bond donors (Lipinski definition) is 1. The molecule has 2 rings (SSSR count). The molecule has 0 amide bonds. The van der Waals surface area contributed by atoms with Crippen molar-refractivity contribution >= 4 is 0 Å². The van der Waals surface area contributed by atoms with Crippen molar-refractivity contribution in [2.75, 3.05) is 7.11 Å². The van der Waals surface area contributed by atoms with E-state index in [0.717, 1.165) is 16.9 Å². The average molecular weight is 292 g/mol. The molecule has 112 valence electrons. The van der Waals surface area contributed by atoms with Gasteiger partial charge in [-0.05, 0) is 54.8 Å². The van der Waals surface area contributed by atoms with Crippen LogP contribution in [0.2, 0.25) is 0 Å². The molecular weight excluding hydrogens is 274 g/mol. The van der Waals surface area contributed by atoms with Gasteiger partial charge in [0.15, 0.2) is 0 Å². The Bertz CT molecular complexity index is 633. The third kappa shape index (κ3) is 3.22. The molecule has 0 bridgehead atoms. The zero-order valence-electron chi connectivity index (χ0n) is 12.3. The van der Waals surface area contributed by atoms with Gasteiger partial charge in [-0.2, -0.15) is 0 Å². The first-order valence-corrected chi connectivity index (χ1v) is 6.70. The highest BCUT2D eigenvalue weighted by atomic mass is 19.1. The van der Waals surface area contributed by atoms with Gasteiger partial charge in [0.2, 0.25) is 0 Å². The van der Waals surface area contributed by atoms with Crippen molar-refractivity contribution in [3.8, 4) is 5.75 Å². The number of ether oxygens (including phenoxy) is 1. The quantitative estimate of drug-likeness (QED) is 0.927. The van der Waals surface area contributed by atoms with E-state index in [9.17, 15) is 13.9 Å². The lowest BCUT2D eigenvalue weighted by Crippen LogP contribution is -2.08. The third-order valence-corrected chi connectivity index (χ3v) is 3.60. The van der Waals surface area contributed by atoms with Crippen molar-refractivity contribution < 1.29 is 18.6 Å². The van der Waals surface area contributed by atoms with Crippen LogP contribution < -0.4 is 4.74 Å². The first kappa shape index (κ1) is 15.4. The van der Waals surface area contributed by atoms with Gasteiger partial charge in [-0.15, -0.1) is 0 Å². The molecule has 1 N–H and O–H groups in total. The molecule has 0 heterocycles. The molecule has 0 aromatic heterocycles. The van der Waals surface area contributed by atoms with E-state index in [-0.39, 0.29) is 12.0 Å². The van der Waals surface area contributed by atoms with E-state index < -0.39 is 17.7 Å². The summed E-state index contributed by atoms with van der Waals surface area (Å²) >= 11 is 0. The minimum atomic E-state index is -0.971. The van der Waals surface area contributed by atoms with E-state index >= 15 is 0 Å². The predicted octanol–water partition coefficient (Wildman–Crippen LogP) is 3.87. The summed E-state index contributed by atoms with van der Waals surface area (Å²) in [5.74, 6) is -0.561. The summed E-state index contributed by atoms with van der Waals surface area (Å²) in [5, 5.41) is 10.3. The lowest BCUT2D eigenvalue weighted by Gasteiger charge is -2.17. The molecule has 4 heteroatoms. The Morgan fingerprint density at radius 2 is 1.71 bits per heavy atom. The molecule has 1 unspecified atom stereocenters. The summed E-state index contributed by atoms with van der Waals surface area (Å²) in [4.78, 5) is 0. The Hall–Kier alpha value is -1.94. The summed E-state index contributed by atoms with van der Waals surface area (Å²) in [5.41, 5.74) is 2.24. The fourth-order valence-corrected chi connectivity index (χ4v) is 2.42. The van der Waals surface area contributed by atoms with Crippen LogP contribution >= 0.6 is 0 Å². The fraction of sp³-hybridized carbons (Fsp3) is 0.294. The summed E-state index contributed by atoms with van der Waals surface area (Å²) in [6.45, 7) is 3.69. The maximum atomic E-state index is 13.7. The van der Waals surface area contributed by atoms with Gasteiger partial charge < -0.3 is 9.84 Å². The highest BCUT2D eigenvalue weighted by molar-refractivity contribution is 5.43. The smallest absolute Gasteiger partial charge is 0.129 e. The third-order valence-electron chi connectivity index (χ3n) is 3.60. The Kier molecular flexibility index (Phi) is 4.58. The SMILES string of the molecule is COc1cc(C)c(C(O)Cc2c(F)cccc2F)cc1C. The number of rotatable bonds is 4. The van der Waals surface area contributed by atoms with Crippen LogP contribution in [0.15, 0.2) is 30.3 Å². The largest absolute Gasteiger partial charge is 0.496 e. The van der Waals surface area contributed by atoms with E-state index in [1.165, 1.54) is 18.2 Å². The lowest BCUT2D eigenvalue weighted by atomic mass is 9.95. The molecule has 0 fully saturated rings. The predicted molar refractivity (Wildman–Crippen MR) is 77.5 cm³/mol. The van der Waals surface area contributed by atoms with E-state index in [1.54, 1.807) is 13.2 Å². The van der Waals surface area contributed by atoms with Gasteiger partial charge in [-0.1, -0.05) is 6.07 Å². The molecule has 0 spiro atoms. The van der Waals surface area contributed by atoms with Crippen molar-refractivity contribution in [1.29, 1.82) is 0 Å². The molecule has 2 aromatic carbocycles. The number of methoxy groups -OCH3 is 1. The highest BCUT2D eigenvalue weighted by Crippen LogP contribution is 2.29. The van der Waals surface area contributed by atoms with Gasteiger partial charge in [0, 0.05) is 12.0 Å². The van der Waals surface area contributed by atoms with Crippen LogP contribution in [-0.2, 0) is 6.42 Å². The molecular formula is C17H18F2O2. The Labute approximate surface area is 123 Å². The summed E-state index contributed by atoms with van der Waals surface area (Å²) < 4.78 is 32.5. The second-order valence-corrected chi connectivity index (χ2v) is 5.10. The number of aliphatic hydroxyl groups excluding tert-OH is 1. The number of benzene rings is 2. The highest BCUT2D eigenvalue weighted by Gasteiger charge is 2.18. The average Bonchev–Trinajstić information content (AvgIpc) is 2.44. The minimum absolute atomic E-state index is 0.0992. The number of aryl methyl sites for hydroxylation is 2. The van der Waals surface area contributed by atoms with Gasteiger partial charge >= 0.3 is 0 Å². The van der Waals surface area contributed by atoms with Gasteiger partial charge in [0.25, 0.3) is 0 Å². The van der Waals surface area contributed by atoms with Crippen molar-refractivity contribution in [3.05, 3.63) is 64.2 Å². The van der Waals surface area contributed by atoms with Crippen molar-refractivity contribution in [1.82, 2.24) is 0 Å². The normalized spacial score (nSPS) is 12.3. The monoisotopic (exact) mass is 292 g/mol. The Balaban J connectivity index is 2.33. The molecule has 21 heavy (non-hydrogen) atoms. The van der Waals surface area contributed by atoms with Crippen LogP contribution in [0.3, 0.4) is 0 Å². The maximum absolute atomic E-state index is 13.7. The standard InChI is InChI=1S/C17H18F2O2/c1-10-8-17(21-3)11(2)7-12(10)16(20)9-13-14(18)5-4-6-15(13)19/h4-8,16,20H,9H2,1-3H3. The van der Waals surface area contributed by atoms with Crippen LogP contribution in [0.4, 0.5) is 8.78 Å². The number of aliphatic hydroxyl groups is 1. The summed E-state index contributed by atoms with van der Waals surface area (Å²) in [7, 11) is 1.58. The van der Waals surface area contributed by atoms with Gasteiger partial charge in [0.1, 0.15) is 17.4 Å². The van der Waals surface area contributed by atoms with Crippen LogP contribution in [-0.4, -0.2) is 12.2 Å². The van der Waals surface area contributed by atoms with E-state index in [4.69, 9.17) is 4.74 Å². The van der Waals surface area contributed by atoms with E-state index in [2.05, 4.69) is 0 Å². The van der Waals surface area contributed by atoms with E-state index in [0.29, 0.717) is 5.56 Å². The molecule has 0 aliphatic carbocycles. The Morgan fingerprint density at radius 1 is 1.10 bits per heavy atom. The molecule has 1 atom stereocenters. The second-order valence-electron chi connectivity index (χ2n) is 5.10.